The van der Waals surface area contributed by atoms with E-state index in [2.05, 4.69) is 22.1 Å². The number of pyridine rings is 1. The largest absolute Gasteiger partial charge is 0.385 e. The number of methoxy groups -OCH3 is 1. The first-order valence-corrected chi connectivity index (χ1v) is 8.73. The maximum absolute atomic E-state index is 13.3. The molecule has 0 aliphatic carbocycles. The summed E-state index contributed by atoms with van der Waals surface area (Å²) in [6.07, 6.45) is 4.35. The fourth-order valence-corrected chi connectivity index (χ4v) is 2.99. The molecule has 1 N–H and O–H groups in total. The number of rotatable bonds is 7. The van der Waals surface area contributed by atoms with E-state index in [0.717, 1.165) is 18.5 Å². The van der Waals surface area contributed by atoms with Gasteiger partial charge in [0.1, 0.15) is 5.82 Å². The second-order valence-corrected chi connectivity index (χ2v) is 6.35. The van der Waals surface area contributed by atoms with Gasteiger partial charge in [0.15, 0.2) is 5.11 Å². The van der Waals surface area contributed by atoms with Crippen LogP contribution < -0.4 is 5.32 Å². The van der Waals surface area contributed by atoms with Gasteiger partial charge in [-0.25, -0.2) is 4.39 Å². The minimum atomic E-state index is -0.458. The molecule has 4 nitrogen and oxygen atoms in total. The second kappa shape index (κ2) is 9.65. The number of halogens is 2. The highest BCUT2D eigenvalue weighted by molar-refractivity contribution is 7.80. The fraction of sp³-hybridized carbons (Fsp3) is 0.333. The van der Waals surface area contributed by atoms with Gasteiger partial charge in [-0.1, -0.05) is 11.6 Å². The van der Waals surface area contributed by atoms with Crippen LogP contribution in [-0.2, 0) is 4.74 Å². The number of anilines is 1. The second-order valence-electron chi connectivity index (χ2n) is 5.56. The average molecular weight is 382 g/mol. The third-order valence-corrected chi connectivity index (χ3v) is 4.46. The van der Waals surface area contributed by atoms with Crippen LogP contribution in [0.4, 0.5) is 10.1 Å². The van der Waals surface area contributed by atoms with Crippen LogP contribution in [0.5, 0.6) is 0 Å². The topological polar surface area (TPSA) is 37.4 Å². The molecule has 1 atom stereocenters. The van der Waals surface area contributed by atoms with E-state index in [1.807, 2.05) is 12.1 Å². The Labute approximate surface area is 158 Å². The van der Waals surface area contributed by atoms with E-state index in [1.54, 1.807) is 25.6 Å². The first kappa shape index (κ1) is 19.6. The molecule has 1 aromatic heterocycles. The smallest absolute Gasteiger partial charge is 0.173 e. The van der Waals surface area contributed by atoms with E-state index in [1.165, 1.54) is 12.1 Å². The molecule has 2 aromatic rings. The molecule has 0 bridgehead atoms. The van der Waals surface area contributed by atoms with Crippen LogP contribution in [0.1, 0.15) is 24.9 Å². The summed E-state index contributed by atoms with van der Waals surface area (Å²) in [7, 11) is 1.67. The number of thiocarbonyl (C=S) groups is 1. The molecule has 1 heterocycles. The van der Waals surface area contributed by atoms with Gasteiger partial charge in [0.05, 0.1) is 11.1 Å². The van der Waals surface area contributed by atoms with E-state index in [4.69, 9.17) is 28.6 Å². The van der Waals surface area contributed by atoms with Gasteiger partial charge in [-0.05, 0) is 61.5 Å². The maximum atomic E-state index is 13.3. The van der Waals surface area contributed by atoms with Crippen molar-refractivity contribution in [3.63, 3.8) is 0 Å². The highest BCUT2D eigenvalue weighted by Crippen LogP contribution is 2.23. The summed E-state index contributed by atoms with van der Waals surface area (Å²) < 4.78 is 18.5. The number of hydrogen-bond donors (Lipinski definition) is 1. The molecule has 0 amide bonds. The molecule has 0 saturated heterocycles. The van der Waals surface area contributed by atoms with Gasteiger partial charge in [-0.15, -0.1) is 0 Å². The molecule has 0 aliphatic rings. The van der Waals surface area contributed by atoms with Gasteiger partial charge in [0, 0.05) is 38.3 Å². The maximum Gasteiger partial charge on any atom is 0.173 e. The van der Waals surface area contributed by atoms with Crippen molar-refractivity contribution in [1.82, 2.24) is 9.88 Å². The highest BCUT2D eigenvalue weighted by atomic mass is 35.5. The summed E-state index contributed by atoms with van der Waals surface area (Å²) in [6.45, 7) is 3.44. The lowest BCUT2D eigenvalue weighted by Crippen LogP contribution is -2.38. The third kappa shape index (κ3) is 5.63. The quantitative estimate of drug-likeness (QED) is 0.557. The average Bonchev–Trinajstić information content (AvgIpc) is 2.62. The Morgan fingerprint density at radius 3 is 2.72 bits per heavy atom. The summed E-state index contributed by atoms with van der Waals surface area (Å²) in [6, 6.07) is 8.42. The third-order valence-electron chi connectivity index (χ3n) is 3.84. The molecular formula is C18H21ClFN3OS. The predicted octanol–water partition coefficient (Wildman–Crippen LogP) is 4.67. The van der Waals surface area contributed by atoms with Crippen LogP contribution >= 0.6 is 23.8 Å². The molecule has 0 aliphatic heterocycles. The Balaban J connectivity index is 2.15. The lowest BCUT2D eigenvalue weighted by molar-refractivity contribution is 0.181. The van der Waals surface area contributed by atoms with Crippen LogP contribution in [-0.4, -0.2) is 35.3 Å². The molecule has 0 saturated carbocycles. The molecule has 0 fully saturated rings. The lowest BCUT2D eigenvalue weighted by Gasteiger charge is -2.32. The van der Waals surface area contributed by atoms with E-state index < -0.39 is 5.82 Å². The Morgan fingerprint density at radius 1 is 1.36 bits per heavy atom. The standard InChI is InChI=1S/C18H21ClFN3OS/c1-13(14-6-8-21-9-7-14)23(10-3-11-24-2)18(25)22-15-4-5-17(20)16(19)12-15/h4-9,12-13H,3,10-11H2,1-2H3,(H,22,25). The summed E-state index contributed by atoms with van der Waals surface area (Å²) in [5, 5.41) is 3.74. The van der Waals surface area contributed by atoms with E-state index in [9.17, 15) is 4.39 Å². The number of ether oxygens (including phenoxy) is 1. The Bertz CT molecular complexity index is 702. The summed E-state index contributed by atoms with van der Waals surface area (Å²) in [5.41, 5.74) is 1.75. The summed E-state index contributed by atoms with van der Waals surface area (Å²) in [5.74, 6) is -0.458. The Kier molecular flexibility index (Phi) is 7.55. The molecule has 0 radical (unpaired) electrons. The number of aromatic nitrogens is 1. The van der Waals surface area contributed by atoms with Crippen molar-refractivity contribution in [2.75, 3.05) is 25.6 Å². The SMILES string of the molecule is COCCCN(C(=S)Nc1ccc(F)c(Cl)c1)C(C)c1ccncc1. The van der Waals surface area contributed by atoms with Gasteiger partial charge in [-0.2, -0.15) is 0 Å². The normalized spacial score (nSPS) is 11.8. The van der Waals surface area contributed by atoms with Crippen molar-refractivity contribution in [3.8, 4) is 0 Å². The molecule has 134 valence electrons. The molecule has 25 heavy (non-hydrogen) atoms. The van der Waals surface area contributed by atoms with Gasteiger partial charge in [0.2, 0.25) is 0 Å². The van der Waals surface area contributed by atoms with Gasteiger partial charge < -0.3 is 15.0 Å². The van der Waals surface area contributed by atoms with Crippen LogP contribution in [0, 0.1) is 5.82 Å². The predicted molar refractivity (Wildman–Crippen MR) is 103 cm³/mol. The van der Waals surface area contributed by atoms with Crippen LogP contribution in [0.15, 0.2) is 42.7 Å². The zero-order chi connectivity index (χ0) is 18.2. The van der Waals surface area contributed by atoms with Crippen LogP contribution in [0.25, 0.3) is 0 Å². The first-order valence-electron chi connectivity index (χ1n) is 7.94. The molecule has 1 unspecified atom stereocenters. The van der Waals surface area contributed by atoms with E-state index in [-0.39, 0.29) is 11.1 Å². The zero-order valence-electron chi connectivity index (χ0n) is 14.2. The van der Waals surface area contributed by atoms with Crippen molar-refractivity contribution in [3.05, 3.63) is 59.1 Å². The number of nitrogens with zero attached hydrogens (tertiary/aromatic N) is 2. The molecular weight excluding hydrogens is 361 g/mol. The number of benzene rings is 1. The van der Waals surface area contributed by atoms with Crippen molar-refractivity contribution in [2.24, 2.45) is 0 Å². The number of nitrogens with one attached hydrogen (secondary N) is 1. The van der Waals surface area contributed by atoms with Gasteiger partial charge in [-0.3, -0.25) is 4.98 Å². The molecule has 7 heteroatoms. The van der Waals surface area contributed by atoms with Crippen molar-refractivity contribution in [2.45, 2.75) is 19.4 Å². The van der Waals surface area contributed by atoms with Gasteiger partial charge in [0.25, 0.3) is 0 Å². The molecule has 1 aromatic carbocycles. The van der Waals surface area contributed by atoms with Crippen molar-refractivity contribution < 1.29 is 9.13 Å². The Morgan fingerprint density at radius 2 is 2.08 bits per heavy atom. The Hall–Kier alpha value is -1.76. The van der Waals surface area contributed by atoms with Crippen molar-refractivity contribution >= 4 is 34.6 Å². The lowest BCUT2D eigenvalue weighted by atomic mass is 10.1. The minimum Gasteiger partial charge on any atom is -0.385 e. The first-order chi connectivity index (χ1) is 12.0. The van der Waals surface area contributed by atoms with E-state index >= 15 is 0 Å². The minimum absolute atomic E-state index is 0.0516. The van der Waals surface area contributed by atoms with Crippen LogP contribution in [0.3, 0.4) is 0 Å². The zero-order valence-corrected chi connectivity index (χ0v) is 15.8. The fourth-order valence-electron chi connectivity index (χ4n) is 2.44. The summed E-state index contributed by atoms with van der Waals surface area (Å²) >= 11 is 11.4. The summed E-state index contributed by atoms with van der Waals surface area (Å²) in [4.78, 5) is 6.13. The van der Waals surface area contributed by atoms with E-state index in [0.29, 0.717) is 17.4 Å². The van der Waals surface area contributed by atoms with Crippen molar-refractivity contribution in [1.29, 1.82) is 0 Å². The molecule has 0 spiro atoms. The monoisotopic (exact) mass is 381 g/mol. The molecule has 2 rings (SSSR count). The highest BCUT2D eigenvalue weighted by Gasteiger charge is 2.19. The van der Waals surface area contributed by atoms with Gasteiger partial charge >= 0.3 is 0 Å². The number of hydrogen-bond acceptors (Lipinski definition) is 3. The van der Waals surface area contributed by atoms with Crippen LogP contribution in [0.2, 0.25) is 5.02 Å².